The number of nitrogens with zero attached hydrogens (tertiary/aromatic N) is 2. The van der Waals surface area contributed by atoms with Crippen LogP contribution in [0.25, 0.3) is 0 Å². The molecule has 94 valence electrons. The highest BCUT2D eigenvalue weighted by Gasteiger charge is 2.19. The van der Waals surface area contributed by atoms with Crippen LogP contribution in [0.4, 0.5) is 5.82 Å². The van der Waals surface area contributed by atoms with E-state index in [1.165, 1.54) is 6.20 Å². The normalized spacial score (nSPS) is 11.3. The highest BCUT2D eigenvalue weighted by atomic mass is 16.5. The number of anilines is 1. The molecule has 0 saturated heterocycles. The van der Waals surface area contributed by atoms with Gasteiger partial charge in [-0.25, -0.2) is 0 Å². The minimum Gasteiger partial charge on any atom is -0.437 e. The summed E-state index contributed by atoms with van der Waals surface area (Å²) in [5.41, 5.74) is 6.71. The van der Waals surface area contributed by atoms with Crippen LogP contribution in [0.3, 0.4) is 0 Å². The fourth-order valence-corrected chi connectivity index (χ4v) is 1.70. The van der Waals surface area contributed by atoms with Gasteiger partial charge < -0.3 is 10.5 Å². The van der Waals surface area contributed by atoms with Crippen molar-refractivity contribution in [3.05, 3.63) is 42.2 Å². The first kappa shape index (κ1) is 12.4. The largest absolute Gasteiger partial charge is 0.437 e. The summed E-state index contributed by atoms with van der Waals surface area (Å²) in [6, 6.07) is 7.91. The Kier molecular flexibility index (Phi) is 3.19. The van der Waals surface area contributed by atoms with Crippen LogP contribution in [0.2, 0.25) is 0 Å². The van der Waals surface area contributed by atoms with Crippen LogP contribution < -0.4 is 10.5 Å². The second kappa shape index (κ2) is 4.64. The van der Waals surface area contributed by atoms with E-state index >= 15 is 0 Å². The number of nitrogen functional groups attached to an aromatic ring is 1. The second-order valence-corrected chi connectivity index (χ2v) is 5.13. The van der Waals surface area contributed by atoms with Gasteiger partial charge >= 0.3 is 0 Å². The lowest BCUT2D eigenvalue weighted by atomic mass is 9.86. The van der Waals surface area contributed by atoms with Gasteiger partial charge in [0.05, 0.1) is 12.4 Å². The molecule has 1 aromatic carbocycles. The monoisotopic (exact) mass is 243 g/mol. The Balaban J connectivity index is 2.35. The van der Waals surface area contributed by atoms with Gasteiger partial charge in [0.1, 0.15) is 11.6 Å². The van der Waals surface area contributed by atoms with Crippen molar-refractivity contribution < 1.29 is 4.74 Å². The molecule has 1 heterocycles. The maximum atomic E-state index is 5.76. The number of rotatable bonds is 2. The van der Waals surface area contributed by atoms with Crippen LogP contribution in [-0.4, -0.2) is 9.97 Å². The van der Waals surface area contributed by atoms with Gasteiger partial charge in [0.2, 0.25) is 5.88 Å². The third-order valence-corrected chi connectivity index (χ3v) is 2.54. The minimum atomic E-state index is 0.00431. The fraction of sp³-hybridized carbons (Fsp3) is 0.286. The lowest BCUT2D eigenvalue weighted by molar-refractivity contribution is 0.438. The molecule has 2 rings (SSSR count). The number of benzene rings is 1. The van der Waals surface area contributed by atoms with Crippen molar-refractivity contribution in [2.24, 2.45) is 0 Å². The summed E-state index contributed by atoms with van der Waals surface area (Å²) in [5, 5.41) is 0. The summed E-state index contributed by atoms with van der Waals surface area (Å²) in [7, 11) is 0. The van der Waals surface area contributed by atoms with Crippen molar-refractivity contribution in [2.75, 3.05) is 5.73 Å². The van der Waals surface area contributed by atoms with Gasteiger partial charge in [-0.1, -0.05) is 39.0 Å². The molecule has 0 spiro atoms. The van der Waals surface area contributed by atoms with Crippen molar-refractivity contribution in [1.82, 2.24) is 9.97 Å². The predicted molar refractivity (Wildman–Crippen MR) is 71.7 cm³/mol. The molecule has 0 atom stereocenters. The number of ether oxygens (including phenoxy) is 1. The molecule has 1 aromatic heterocycles. The van der Waals surface area contributed by atoms with Crippen molar-refractivity contribution in [3.63, 3.8) is 0 Å². The molecule has 4 nitrogen and oxygen atoms in total. The fourth-order valence-electron chi connectivity index (χ4n) is 1.70. The van der Waals surface area contributed by atoms with Crippen molar-refractivity contribution >= 4 is 5.82 Å². The molecule has 4 heteroatoms. The minimum absolute atomic E-state index is 0.00431. The van der Waals surface area contributed by atoms with Gasteiger partial charge in [0.15, 0.2) is 0 Å². The topological polar surface area (TPSA) is 61.0 Å². The molecule has 2 N–H and O–H groups in total. The summed E-state index contributed by atoms with van der Waals surface area (Å²) in [4.78, 5) is 8.04. The van der Waals surface area contributed by atoms with Crippen LogP contribution in [0, 0.1) is 0 Å². The zero-order chi connectivity index (χ0) is 13.2. The lowest BCUT2D eigenvalue weighted by Crippen LogP contribution is -2.12. The third-order valence-electron chi connectivity index (χ3n) is 2.54. The molecule has 2 aromatic rings. The number of hydrogen-bond donors (Lipinski definition) is 1. The van der Waals surface area contributed by atoms with Gasteiger partial charge in [0, 0.05) is 5.56 Å². The zero-order valence-corrected chi connectivity index (χ0v) is 10.8. The van der Waals surface area contributed by atoms with Crippen LogP contribution in [0.15, 0.2) is 36.7 Å². The van der Waals surface area contributed by atoms with Crippen LogP contribution in [0.1, 0.15) is 26.3 Å². The van der Waals surface area contributed by atoms with Crippen LogP contribution >= 0.6 is 0 Å². The Morgan fingerprint density at radius 2 is 1.83 bits per heavy atom. The molecule has 0 amide bonds. The first-order valence-electron chi connectivity index (χ1n) is 5.82. The van der Waals surface area contributed by atoms with E-state index in [1.807, 2.05) is 18.2 Å². The van der Waals surface area contributed by atoms with Crippen LogP contribution in [-0.2, 0) is 5.41 Å². The number of nitrogens with two attached hydrogens (primary N) is 1. The average molecular weight is 243 g/mol. The molecule has 0 unspecified atom stereocenters. The van der Waals surface area contributed by atoms with E-state index in [-0.39, 0.29) is 5.41 Å². The molecule has 0 saturated carbocycles. The molecule has 0 fully saturated rings. The Hall–Kier alpha value is -2.10. The lowest BCUT2D eigenvalue weighted by Gasteiger charge is -2.22. The summed E-state index contributed by atoms with van der Waals surface area (Å²) in [6.45, 7) is 6.42. The highest BCUT2D eigenvalue weighted by Crippen LogP contribution is 2.33. The summed E-state index contributed by atoms with van der Waals surface area (Å²) in [6.07, 6.45) is 3.04. The van der Waals surface area contributed by atoms with E-state index < -0.39 is 0 Å². The third kappa shape index (κ3) is 2.77. The van der Waals surface area contributed by atoms with E-state index in [0.717, 1.165) is 11.3 Å². The first-order valence-corrected chi connectivity index (χ1v) is 5.82. The Morgan fingerprint density at radius 1 is 1.11 bits per heavy atom. The Labute approximate surface area is 107 Å². The summed E-state index contributed by atoms with van der Waals surface area (Å²) < 4.78 is 5.76. The van der Waals surface area contributed by atoms with Gasteiger partial charge in [-0.05, 0) is 11.5 Å². The average Bonchev–Trinajstić information content (AvgIpc) is 2.28. The predicted octanol–water partition coefficient (Wildman–Crippen LogP) is 3.15. The zero-order valence-electron chi connectivity index (χ0n) is 10.8. The number of aromatic nitrogens is 2. The SMILES string of the molecule is CC(C)(C)c1ccccc1Oc1cncc(N)n1. The molecule has 18 heavy (non-hydrogen) atoms. The maximum absolute atomic E-state index is 5.76. The molecular formula is C14H17N3O. The van der Waals surface area contributed by atoms with Crippen molar-refractivity contribution in [3.8, 4) is 11.6 Å². The highest BCUT2D eigenvalue weighted by molar-refractivity contribution is 5.40. The number of para-hydroxylation sites is 1. The van der Waals surface area contributed by atoms with E-state index in [2.05, 4.69) is 36.8 Å². The number of hydrogen-bond acceptors (Lipinski definition) is 4. The van der Waals surface area contributed by atoms with Gasteiger partial charge in [-0.2, -0.15) is 4.98 Å². The molecule has 0 radical (unpaired) electrons. The van der Waals surface area contributed by atoms with Gasteiger partial charge in [-0.3, -0.25) is 4.98 Å². The molecule has 0 aliphatic carbocycles. The Morgan fingerprint density at radius 3 is 2.50 bits per heavy atom. The molecule has 0 bridgehead atoms. The smallest absolute Gasteiger partial charge is 0.239 e. The first-order chi connectivity index (χ1) is 8.47. The van der Waals surface area contributed by atoms with Crippen LogP contribution in [0.5, 0.6) is 11.6 Å². The van der Waals surface area contributed by atoms with Crippen molar-refractivity contribution in [2.45, 2.75) is 26.2 Å². The van der Waals surface area contributed by atoms with E-state index in [9.17, 15) is 0 Å². The van der Waals surface area contributed by atoms with Crippen molar-refractivity contribution in [1.29, 1.82) is 0 Å². The van der Waals surface area contributed by atoms with Gasteiger partial charge in [0.25, 0.3) is 0 Å². The molecule has 0 aliphatic heterocycles. The molecular weight excluding hydrogens is 226 g/mol. The summed E-state index contributed by atoms with van der Waals surface area (Å²) >= 11 is 0. The second-order valence-electron chi connectivity index (χ2n) is 5.13. The quantitative estimate of drug-likeness (QED) is 0.880. The maximum Gasteiger partial charge on any atom is 0.239 e. The Bertz CT molecular complexity index is 547. The summed E-state index contributed by atoms with van der Waals surface area (Å²) in [5.74, 6) is 1.54. The van der Waals surface area contributed by atoms with E-state index in [1.54, 1.807) is 6.20 Å². The van der Waals surface area contributed by atoms with E-state index in [4.69, 9.17) is 10.5 Å². The standard InChI is InChI=1S/C14H17N3O/c1-14(2,3)10-6-4-5-7-11(10)18-13-9-16-8-12(15)17-13/h4-9H,1-3H3,(H2,15,17). The van der Waals surface area contributed by atoms with Gasteiger partial charge in [-0.15, -0.1) is 0 Å². The molecule has 0 aliphatic rings. The van der Waals surface area contributed by atoms with E-state index in [0.29, 0.717) is 11.7 Å².